The fourth-order valence-corrected chi connectivity index (χ4v) is 15.6. The van der Waals surface area contributed by atoms with Gasteiger partial charge in [0.05, 0.1) is 33.1 Å². The predicted octanol–water partition coefficient (Wildman–Crippen LogP) is 11.8. The van der Waals surface area contributed by atoms with Crippen LogP contribution in [0.25, 0.3) is 82.5 Å². The second-order valence-corrected chi connectivity index (χ2v) is 20.6. The van der Waals surface area contributed by atoms with Gasteiger partial charge in [-0.2, -0.15) is 0 Å². The van der Waals surface area contributed by atoms with E-state index in [-0.39, 0.29) is 0 Å². The summed E-state index contributed by atoms with van der Waals surface area (Å²) in [6.07, 6.45) is 3.87. The van der Waals surface area contributed by atoms with E-state index in [2.05, 4.69) is 249 Å². The van der Waals surface area contributed by atoms with Crippen LogP contribution < -0.4 is 20.7 Å². The van der Waals surface area contributed by atoms with Gasteiger partial charge in [-0.15, -0.1) is 0 Å². The summed E-state index contributed by atoms with van der Waals surface area (Å²) < 4.78 is 7.29. The molecule has 64 heavy (non-hydrogen) atoms. The molecule has 300 valence electrons. The van der Waals surface area contributed by atoms with E-state index in [1.165, 1.54) is 75.3 Å². The number of benzene rings is 9. The summed E-state index contributed by atoms with van der Waals surface area (Å²) >= 11 is 0. The van der Waals surface area contributed by atoms with E-state index in [9.17, 15) is 0 Å². The maximum absolute atomic E-state index is 4.49. The zero-order chi connectivity index (χ0) is 42.2. The van der Waals surface area contributed by atoms with Crippen LogP contribution in [0.15, 0.2) is 243 Å². The average molecular weight is 833 g/mol. The van der Waals surface area contributed by atoms with E-state index in [0.717, 1.165) is 28.0 Å². The van der Waals surface area contributed by atoms with Crippen molar-refractivity contribution in [3.63, 3.8) is 0 Å². The first-order valence-electron chi connectivity index (χ1n) is 22.0. The molecular weight excluding hydrogens is 793 g/mol. The van der Waals surface area contributed by atoms with E-state index in [0.29, 0.717) is 0 Å². The quantitative estimate of drug-likeness (QED) is 0.116. The van der Waals surface area contributed by atoms with Crippen LogP contribution in [0.1, 0.15) is 0 Å². The molecule has 0 saturated carbocycles. The first-order chi connectivity index (χ1) is 31.8. The van der Waals surface area contributed by atoms with Gasteiger partial charge in [0, 0.05) is 61.8 Å². The molecule has 5 heteroatoms. The van der Waals surface area contributed by atoms with Crippen molar-refractivity contribution in [3.8, 4) is 17.1 Å². The first-order valence-corrected chi connectivity index (χ1v) is 24.0. The lowest BCUT2D eigenvalue weighted by atomic mass is 10.1. The number of para-hydroxylation sites is 3. The number of hydrogen-bond donors (Lipinski definition) is 0. The Hall–Kier alpha value is -8.25. The fourth-order valence-electron chi connectivity index (χ4n) is 10.8. The molecule has 0 radical (unpaired) electrons. The van der Waals surface area contributed by atoms with E-state index in [1.807, 2.05) is 12.4 Å². The van der Waals surface area contributed by atoms with Gasteiger partial charge in [-0.3, -0.25) is 4.98 Å². The lowest BCUT2D eigenvalue weighted by Crippen LogP contribution is -2.74. The lowest BCUT2D eigenvalue weighted by molar-refractivity contribution is 1.16. The highest BCUT2D eigenvalue weighted by atomic mass is 28.3. The highest BCUT2D eigenvalue weighted by Crippen LogP contribution is 2.39. The van der Waals surface area contributed by atoms with Gasteiger partial charge in [0.1, 0.15) is 0 Å². The van der Waals surface area contributed by atoms with Crippen LogP contribution in [0.4, 0.5) is 0 Å². The zero-order valence-electron chi connectivity index (χ0n) is 34.9. The first kappa shape index (κ1) is 36.4. The summed E-state index contributed by atoms with van der Waals surface area (Å²) in [5.41, 5.74) is 10.5. The summed E-state index contributed by atoms with van der Waals surface area (Å²) in [6.45, 7) is 0. The van der Waals surface area contributed by atoms with Crippen molar-refractivity contribution < 1.29 is 0 Å². The Labute approximate surface area is 371 Å². The molecule has 0 unspecified atom stereocenters. The molecule has 4 heterocycles. The Bertz CT molecular complexity index is 3750. The van der Waals surface area contributed by atoms with Crippen LogP contribution in [0.5, 0.6) is 0 Å². The SMILES string of the molecule is c1ccc([Si](c2ccccc2)(c2ccccc2)c2cccc(-n3c4ccccc4c4cc(-n5c6ccccc6c6cc(-n7c8ccccc8c8cnccc87)ccc65)ccc43)c2)cc1. The van der Waals surface area contributed by atoms with Crippen molar-refractivity contribution in [2.75, 3.05) is 0 Å². The summed E-state index contributed by atoms with van der Waals surface area (Å²) in [6, 6.07) is 85.3. The number of aromatic nitrogens is 4. The van der Waals surface area contributed by atoms with Crippen molar-refractivity contribution in [1.82, 2.24) is 18.7 Å². The smallest absolute Gasteiger partial charge is 0.179 e. The van der Waals surface area contributed by atoms with E-state index < -0.39 is 8.07 Å². The van der Waals surface area contributed by atoms with Gasteiger partial charge >= 0.3 is 0 Å². The molecule has 13 rings (SSSR count). The minimum Gasteiger partial charge on any atom is -0.309 e. The van der Waals surface area contributed by atoms with E-state index >= 15 is 0 Å². The Morgan fingerprint density at radius 2 is 0.641 bits per heavy atom. The minimum absolute atomic E-state index is 1.13. The van der Waals surface area contributed by atoms with Crippen molar-refractivity contribution in [2.24, 2.45) is 0 Å². The molecule has 0 fully saturated rings. The molecule has 0 bridgehead atoms. The number of fused-ring (bicyclic) bond motifs is 9. The number of rotatable bonds is 7. The number of nitrogens with zero attached hydrogens (tertiary/aromatic N) is 4. The summed E-state index contributed by atoms with van der Waals surface area (Å²) in [5, 5.41) is 12.7. The normalized spacial score (nSPS) is 12.1. The van der Waals surface area contributed by atoms with Gasteiger partial charge in [-0.25, -0.2) is 0 Å². The lowest BCUT2D eigenvalue weighted by Gasteiger charge is -2.34. The van der Waals surface area contributed by atoms with Crippen molar-refractivity contribution >= 4 is 94.2 Å². The zero-order valence-corrected chi connectivity index (χ0v) is 35.9. The largest absolute Gasteiger partial charge is 0.309 e. The van der Waals surface area contributed by atoms with Gasteiger partial charge in [-0.05, 0) is 93.5 Å². The molecule has 0 N–H and O–H groups in total. The van der Waals surface area contributed by atoms with E-state index in [1.54, 1.807) is 0 Å². The molecule has 0 amide bonds. The third-order valence-corrected chi connectivity index (χ3v) is 18.2. The van der Waals surface area contributed by atoms with Gasteiger partial charge < -0.3 is 13.7 Å². The van der Waals surface area contributed by atoms with Crippen LogP contribution in [0.3, 0.4) is 0 Å². The Kier molecular flexibility index (Phi) is 8.20. The van der Waals surface area contributed by atoms with Gasteiger partial charge in [0.25, 0.3) is 0 Å². The third kappa shape index (κ3) is 5.31. The average Bonchev–Trinajstić information content (AvgIpc) is 4.01. The van der Waals surface area contributed by atoms with Gasteiger partial charge in [0.15, 0.2) is 8.07 Å². The molecular formula is C59H40N4Si. The second kappa shape index (κ2) is 14.4. The standard InChI is InChI=1S/C59H40N4Si/c1-4-18-44(19-5-1)64(45-20-6-2-7-21-45,46-22-8-3-9-23-46)47-24-16-17-41(37-47)61-54-28-13-10-25-48(54)51-38-42(31-33-57(51)61)62-55-29-14-11-26-49(55)52-39-43(32-34-58(52)62)63-56-30-15-12-27-50(56)53-40-60-36-35-59(53)63/h1-40H. The molecule has 0 saturated heterocycles. The van der Waals surface area contributed by atoms with E-state index in [4.69, 9.17) is 0 Å². The molecule has 4 aromatic heterocycles. The molecule has 0 spiro atoms. The van der Waals surface area contributed by atoms with Crippen LogP contribution >= 0.6 is 0 Å². The maximum atomic E-state index is 4.49. The van der Waals surface area contributed by atoms with Crippen LogP contribution in [-0.2, 0) is 0 Å². The Balaban J connectivity index is 1.01. The topological polar surface area (TPSA) is 27.7 Å². The maximum Gasteiger partial charge on any atom is 0.179 e. The van der Waals surface area contributed by atoms with Crippen molar-refractivity contribution in [3.05, 3.63) is 243 Å². The minimum atomic E-state index is -2.75. The predicted molar refractivity (Wildman–Crippen MR) is 271 cm³/mol. The molecule has 0 aliphatic heterocycles. The number of hydrogen-bond acceptors (Lipinski definition) is 1. The Morgan fingerprint density at radius 1 is 0.266 bits per heavy atom. The molecule has 0 atom stereocenters. The Morgan fingerprint density at radius 3 is 1.12 bits per heavy atom. The third-order valence-electron chi connectivity index (χ3n) is 13.5. The van der Waals surface area contributed by atoms with Crippen molar-refractivity contribution in [1.29, 1.82) is 0 Å². The van der Waals surface area contributed by atoms with Gasteiger partial charge in [-0.1, -0.05) is 158 Å². The second-order valence-electron chi connectivity index (χ2n) is 16.8. The highest BCUT2D eigenvalue weighted by Gasteiger charge is 2.41. The molecule has 0 aliphatic carbocycles. The molecule has 9 aromatic carbocycles. The highest BCUT2D eigenvalue weighted by molar-refractivity contribution is 7.19. The van der Waals surface area contributed by atoms with Crippen LogP contribution in [0, 0.1) is 0 Å². The fraction of sp³-hybridized carbons (Fsp3) is 0. The molecule has 4 nitrogen and oxygen atoms in total. The summed E-state index contributed by atoms with van der Waals surface area (Å²) in [4.78, 5) is 4.49. The van der Waals surface area contributed by atoms with Crippen molar-refractivity contribution in [2.45, 2.75) is 0 Å². The number of pyridine rings is 1. The molecule has 13 aromatic rings. The van der Waals surface area contributed by atoms with Gasteiger partial charge in [0.2, 0.25) is 0 Å². The van der Waals surface area contributed by atoms with Crippen LogP contribution in [-0.4, -0.2) is 26.8 Å². The monoisotopic (exact) mass is 832 g/mol. The summed E-state index contributed by atoms with van der Waals surface area (Å²) in [5.74, 6) is 0. The molecule has 0 aliphatic rings. The van der Waals surface area contributed by atoms with Crippen LogP contribution in [0.2, 0.25) is 0 Å². The summed E-state index contributed by atoms with van der Waals surface area (Å²) in [7, 11) is -2.75.